The van der Waals surface area contributed by atoms with Crippen LogP contribution in [0.15, 0.2) is 97.2 Å². The molecule has 0 amide bonds. The second-order valence-corrected chi connectivity index (χ2v) is 27.8. The molecule has 0 saturated carbocycles. The van der Waals surface area contributed by atoms with Crippen LogP contribution in [-0.4, -0.2) is 96.7 Å². The fourth-order valence-corrected chi connectivity index (χ4v) is 11.4. The minimum Gasteiger partial charge on any atom is -0.462 e. The van der Waals surface area contributed by atoms with E-state index in [1.165, 1.54) is 96.3 Å². The van der Waals surface area contributed by atoms with Crippen molar-refractivity contribution in [1.82, 2.24) is 0 Å². The van der Waals surface area contributed by atoms with Gasteiger partial charge >= 0.3 is 39.5 Å². The maximum atomic E-state index is 13.1. The van der Waals surface area contributed by atoms with Gasteiger partial charge in [-0.2, -0.15) is 0 Å². The Labute approximate surface area is 582 Å². The number of hydrogen-bond acceptors (Lipinski definition) is 15. The van der Waals surface area contributed by atoms with Crippen molar-refractivity contribution in [1.29, 1.82) is 0 Å². The largest absolute Gasteiger partial charge is 0.472 e. The highest BCUT2D eigenvalue weighted by atomic mass is 31.2. The smallest absolute Gasteiger partial charge is 0.462 e. The van der Waals surface area contributed by atoms with E-state index in [4.69, 9.17) is 37.0 Å². The van der Waals surface area contributed by atoms with E-state index in [0.717, 1.165) is 135 Å². The molecule has 19 heteroatoms. The maximum absolute atomic E-state index is 13.1. The molecule has 3 N–H and O–H groups in total. The summed E-state index contributed by atoms with van der Waals surface area (Å²) in [5.41, 5.74) is 0. The number of aliphatic hydroxyl groups is 1. The number of allylic oxidation sites excluding steroid dienone is 15. The Kier molecular flexibility index (Phi) is 66.6. The maximum Gasteiger partial charge on any atom is 0.472 e. The van der Waals surface area contributed by atoms with Gasteiger partial charge in [-0.1, -0.05) is 273 Å². The lowest BCUT2D eigenvalue weighted by atomic mass is 10.1. The van der Waals surface area contributed by atoms with Gasteiger partial charge < -0.3 is 33.8 Å². The van der Waals surface area contributed by atoms with Crippen molar-refractivity contribution in [3.05, 3.63) is 97.2 Å². The topological polar surface area (TPSA) is 237 Å². The van der Waals surface area contributed by atoms with Crippen molar-refractivity contribution >= 4 is 39.5 Å². The van der Waals surface area contributed by atoms with Crippen molar-refractivity contribution < 1.29 is 80.2 Å². The fourth-order valence-electron chi connectivity index (χ4n) is 9.85. The number of hydrogen-bond donors (Lipinski definition) is 3. The Balaban J connectivity index is 5.40. The first-order chi connectivity index (χ1) is 46.7. The number of ether oxygens (including phenoxy) is 4. The van der Waals surface area contributed by atoms with Gasteiger partial charge in [-0.25, -0.2) is 9.13 Å². The van der Waals surface area contributed by atoms with Crippen LogP contribution in [0.3, 0.4) is 0 Å². The third-order valence-electron chi connectivity index (χ3n) is 15.6. The van der Waals surface area contributed by atoms with Gasteiger partial charge in [-0.05, 0) is 109 Å². The van der Waals surface area contributed by atoms with Gasteiger partial charge in [0, 0.05) is 19.3 Å². The molecule has 17 nitrogen and oxygen atoms in total. The van der Waals surface area contributed by atoms with E-state index >= 15 is 0 Å². The molecule has 0 heterocycles. The van der Waals surface area contributed by atoms with E-state index in [-0.39, 0.29) is 25.7 Å². The summed E-state index contributed by atoms with van der Waals surface area (Å²) in [6.45, 7) is 4.59. The predicted octanol–water partition coefficient (Wildman–Crippen LogP) is 21.2. The lowest BCUT2D eigenvalue weighted by Gasteiger charge is -2.21. The van der Waals surface area contributed by atoms with Crippen molar-refractivity contribution in [2.75, 3.05) is 39.6 Å². The van der Waals surface area contributed by atoms with Crippen LogP contribution in [-0.2, 0) is 65.4 Å². The molecule has 0 rings (SSSR count). The van der Waals surface area contributed by atoms with Gasteiger partial charge in [-0.15, -0.1) is 0 Å². The van der Waals surface area contributed by atoms with Gasteiger partial charge in [-0.3, -0.25) is 37.3 Å². The number of unbranched alkanes of at least 4 members (excludes halogenated alkanes) is 29. The highest BCUT2D eigenvalue weighted by Gasteiger charge is 2.30. The van der Waals surface area contributed by atoms with Gasteiger partial charge in [0.2, 0.25) is 0 Å². The summed E-state index contributed by atoms with van der Waals surface area (Å²) in [5.74, 6) is -2.34. The summed E-state index contributed by atoms with van der Waals surface area (Å²) in [6, 6.07) is 0. The summed E-state index contributed by atoms with van der Waals surface area (Å²) < 4.78 is 68.2. The van der Waals surface area contributed by atoms with Gasteiger partial charge in [0.15, 0.2) is 12.2 Å². The van der Waals surface area contributed by atoms with E-state index in [0.29, 0.717) is 25.7 Å². The fraction of sp³-hybridized carbons (Fsp3) is 0.740. The molecule has 0 aliphatic carbocycles. The normalized spacial score (nSPS) is 14.5. The molecule has 0 radical (unpaired) electrons. The van der Waals surface area contributed by atoms with Crippen LogP contribution in [0.25, 0.3) is 0 Å². The summed E-state index contributed by atoms with van der Waals surface area (Å²) >= 11 is 0. The number of phosphoric acid groups is 2. The molecule has 0 aromatic rings. The van der Waals surface area contributed by atoms with Gasteiger partial charge in [0.05, 0.1) is 32.8 Å². The Bertz CT molecular complexity index is 2200. The minimum absolute atomic E-state index is 0.0692. The summed E-state index contributed by atoms with van der Waals surface area (Å²) in [5, 5.41) is 10.6. The Morgan fingerprint density at radius 3 is 0.958 bits per heavy atom. The molecule has 554 valence electrons. The lowest BCUT2D eigenvalue weighted by molar-refractivity contribution is -0.161. The van der Waals surface area contributed by atoms with Crippen molar-refractivity contribution in [2.45, 2.75) is 329 Å². The quantitative estimate of drug-likeness (QED) is 0.0169. The number of rotatable bonds is 70. The molecule has 0 aromatic carbocycles. The molecule has 0 fully saturated rings. The first-order valence-corrected chi connectivity index (χ1v) is 40.5. The molecule has 5 atom stereocenters. The van der Waals surface area contributed by atoms with Crippen molar-refractivity contribution in [3.8, 4) is 0 Å². The average Bonchev–Trinajstić information content (AvgIpc) is 1.11. The zero-order valence-corrected chi connectivity index (χ0v) is 62.1. The van der Waals surface area contributed by atoms with E-state index < -0.39 is 97.5 Å². The number of esters is 4. The first kappa shape index (κ1) is 92.0. The first-order valence-electron chi connectivity index (χ1n) is 37.5. The molecule has 0 aliphatic rings. The molecule has 0 spiro atoms. The average molecular weight is 1390 g/mol. The molecular weight excluding hydrogens is 1260 g/mol. The summed E-state index contributed by atoms with van der Waals surface area (Å²) in [4.78, 5) is 72.7. The van der Waals surface area contributed by atoms with Crippen LogP contribution in [0.1, 0.15) is 310 Å². The van der Waals surface area contributed by atoms with Crippen LogP contribution in [0.2, 0.25) is 0 Å². The van der Waals surface area contributed by atoms with Crippen LogP contribution >= 0.6 is 15.6 Å². The predicted molar refractivity (Wildman–Crippen MR) is 390 cm³/mol. The zero-order chi connectivity index (χ0) is 70.4. The summed E-state index contributed by atoms with van der Waals surface area (Å²) in [6.07, 6.45) is 71.5. The Hall–Kier alpha value is -4.02. The molecule has 5 unspecified atom stereocenters. The van der Waals surface area contributed by atoms with Crippen LogP contribution in [0, 0.1) is 0 Å². The molecule has 0 aromatic heterocycles. The standard InChI is InChI=1S/C77H134O17P2/c1-5-9-13-17-21-25-29-32-35-38-42-45-49-53-57-61-74(79)87-67-72(93-76(81)63-59-55-51-47-41-28-24-20-16-12-8-4)69-91-95(83,84)89-65-71(78)66-90-96(85,86)92-70-73(94-77(82)64-60-56-52-48-44-40-37-34-31-27-23-19-15-11-7-3)68-88-75(80)62-58-54-50-46-43-39-36-33-30-26-22-18-14-10-6-2/h9,13,21-22,25-26,32-37,42,45,53,57,71-73,78H,5-8,10-12,14-20,23-24,27-31,38-41,43-44,46-52,54-56,58-70H2,1-4H3,(H,83,84)(H,85,86)/b13-9-,25-21-,26-22-,35-32-,36-33-,37-34-,45-42-,57-53-. The second kappa shape index (κ2) is 69.5. The highest BCUT2D eigenvalue weighted by molar-refractivity contribution is 7.47. The Morgan fingerprint density at radius 2 is 0.583 bits per heavy atom. The van der Waals surface area contributed by atoms with Crippen LogP contribution in [0.4, 0.5) is 0 Å². The lowest BCUT2D eigenvalue weighted by Crippen LogP contribution is -2.30. The van der Waals surface area contributed by atoms with E-state index in [1.54, 1.807) is 6.08 Å². The SMILES string of the molecule is CC/C=C\C/C=C\C/C=C\C/C=C\C/C=C\CC(=O)OCC(COP(=O)(O)OCC(O)COP(=O)(O)OCC(COC(=O)CCCCCCC/C=C\C/C=C\CCCCC)OC(=O)CCCCCCC/C=C\CCCCCCCC)OC(=O)CCCCCCCCCCCCC. The van der Waals surface area contributed by atoms with Crippen molar-refractivity contribution in [2.24, 2.45) is 0 Å². The van der Waals surface area contributed by atoms with E-state index in [1.807, 2.05) is 18.2 Å². The monoisotopic (exact) mass is 1390 g/mol. The number of carbonyl (C=O) groups is 4. The third kappa shape index (κ3) is 68.5. The minimum atomic E-state index is -4.99. The molecular formula is C77H134O17P2. The molecule has 96 heavy (non-hydrogen) atoms. The van der Waals surface area contributed by atoms with E-state index in [9.17, 15) is 43.2 Å². The zero-order valence-electron chi connectivity index (χ0n) is 60.3. The van der Waals surface area contributed by atoms with Gasteiger partial charge in [0.1, 0.15) is 19.3 Å². The van der Waals surface area contributed by atoms with E-state index in [2.05, 4.69) is 101 Å². The number of aliphatic hydroxyl groups excluding tert-OH is 1. The Morgan fingerprint density at radius 1 is 0.312 bits per heavy atom. The highest BCUT2D eigenvalue weighted by Crippen LogP contribution is 2.45. The third-order valence-corrected chi connectivity index (χ3v) is 17.5. The molecule has 0 aliphatic heterocycles. The summed E-state index contributed by atoms with van der Waals surface area (Å²) in [7, 11) is -9.97. The van der Waals surface area contributed by atoms with Crippen LogP contribution < -0.4 is 0 Å². The number of phosphoric ester groups is 2. The molecule has 0 saturated heterocycles. The number of carbonyl (C=O) groups excluding carboxylic acids is 4. The second-order valence-electron chi connectivity index (χ2n) is 24.9. The van der Waals surface area contributed by atoms with Gasteiger partial charge in [0.25, 0.3) is 0 Å². The molecule has 0 bridgehead atoms. The van der Waals surface area contributed by atoms with Crippen molar-refractivity contribution in [3.63, 3.8) is 0 Å². The van der Waals surface area contributed by atoms with Crippen LogP contribution in [0.5, 0.6) is 0 Å².